The fourth-order valence-corrected chi connectivity index (χ4v) is 3.48. The first-order chi connectivity index (χ1) is 12.7. The van der Waals surface area contributed by atoms with Crippen LogP contribution in [0, 0.1) is 0 Å². The molecule has 26 heavy (non-hydrogen) atoms. The molecule has 0 saturated carbocycles. The minimum Gasteiger partial charge on any atom is -0.451 e. The molecule has 132 valence electrons. The van der Waals surface area contributed by atoms with Crippen LogP contribution in [0.4, 0.5) is 5.69 Å². The van der Waals surface area contributed by atoms with Crippen LogP contribution >= 0.6 is 11.6 Å². The van der Waals surface area contributed by atoms with Crippen molar-refractivity contribution >= 4 is 23.2 Å². The zero-order valence-electron chi connectivity index (χ0n) is 14.2. The van der Waals surface area contributed by atoms with Gasteiger partial charge in [-0.1, -0.05) is 41.9 Å². The summed E-state index contributed by atoms with van der Waals surface area (Å²) in [5, 5.41) is 4.08. The van der Waals surface area contributed by atoms with Crippen LogP contribution in [0.2, 0.25) is 5.02 Å². The first-order valence-electron chi connectivity index (χ1n) is 8.66. The highest BCUT2D eigenvalue weighted by molar-refractivity contribution is 6.33. The second kappa shape index (κ2) is 7.26. The number of anilines is 1. The van der Waals surface area contributed by atoms with Gasteiger partial charge >= 0.3 is 0 Å². The van der Waals surface area contributed by atoms with Gasteiger partial charge in [0.1, 0.15) is 5.76 Å². The number of amides is 1. The highest BCUT2D eigenvalue weighted by Crippen LogP contribution is 2.29. The van der Waals surface area contributed by atoms with Crippen molar-refractivity contribution in [1.82, 2.24) is 4.90 Å². The average Bonchev–Trinajstić information content (AvgIpc) is 3.32. The van der Waals surface area contributed by atoms with E-state index in [9.17, 15) is 4.79 Å². The van der Waals surface area contributed by atoms with E-state index in [0.717, 1.165) is 17.7 Å². The number of benzene rings is 2. The normalized spacial score (nSPS) is 16.7. The molecule has 1 aromatic heterocycles. The van der Waals surface area contributed by atoms with Gasteiger partial charge in [-0.2, -0.15) is 0 Å². The standard InChI is InChI=1S/C21H19ClN2O2/c22-18-9-5-4-8-17(18)19-10-11-20(26-19)21(25)24-13-12-16(14-24)23-15-6-2-1-3-7-15/h1-11,16,23H,12-14H2. The Bertz CT molecular complexity index is 907. The summed E-state index contributed by atoms with van der Waals surface area (Å²) in [5.74, 6) is 0.873. The molecule has 1 N–H and O–H groups in total. The van der Waals surface area contributed by atoms with Gasteiger partial charge < -0.3 is 14.6 Å². The van der Waals surface area contributed by atoms with Crippen LogP contribution in [0.3, 0.4) is 0 Å². The molecule has 1 aliphatic rings. The molecule has 3 aromatic rings. The van der Waals surface area contributed by atoms with E-state index in [-0.39, 0.29) is 11.9 Å². The molecule has 5 heteroatoms. The maximum Gasteiger partial charge on any atom is 0.289 e. The van der Waals surface area contributed by atoms with Gasteiger partial charge in [-0.15, -0.1) is 0 Å². The fourth-order valence-electron chi connectivity index (χ4n) is 3.25. The predicted molar refractivity (Wildman–Crippen MR) is 104 cm³/mol. The second-order valence-electron chi connectivity index (χ2n) is 6.39. The summed E-state index contributed by atoms with van der Waals surface area (Å²) in [6.07, 6.45) is 0.915. The lowest BCUT2D eigenvalue weighted by Gasteiger charge is -2.16. The Kier molecular flexibility index (Phi) is 4.67. The number of nitrogens with one attached hydrogen (secondary N) is 1. The minimum atomic E-state index is -0.0827. The van der Waals surface area contributed by atoms with Crippen molar-refractivity contribution in [2.24, 2.45) is 0 Å². The van der Waals surface area contributed by atoms with Crippen LogP contribution in [0.1, 0.15) is 17.0 Å². The SMILES string of the molecule is O=C(c1ccc(-c2ccccc2Cl)o1)N1CCC(Nc2ccccc2)C1. The molecule has 1 unspecified atom stereocenters. The lowest BCUT2D eigenvalue weighted by Crippen LogP contribution is -2.31. The maximum atomic E-state index is 12.7. The Balaban J connectivity index is 1.43. The van der Waals surface area contributed by atoms with E-state index in [0.29, 0.717) is 29.6 Å². The van der Waals surface area contributed by atoms with Gasteiger partial charge in [0.05, 0.1) is 5.02 Å². The number of hydrogen-bond acceptors (Lipinski definition) is 3. The van der Waals surface area contributed by atoms with Crippen molar-refractivity contribution in [2.45, 2.75) is 12.5 Å². The van der Waals surface area contributed by atoms with Crippen molar-refractivity contribution in [3.63, 3.8) is 0 Å². The zero-order valence-corrected chi connectivity index (χ0v) is 14.9. The maximum absolute atomic E-state index is 12.7. The van der Waals surface area contributed by atoms with Crippen molar-refractivity contribution in [3.8, 4) is 11.3 Å². The second-order valence-corrected chi connectivity index (χ2v) is 6.80. The van der Waals surface area contributed by atoms with Gasteiger partial charge in [0, 0.05) is 30.4 Å². The smallest absolute Gasteiger partial charge is 0.289 e. The van der Waals surface area contributed by atoms with E-state index in [1.54, 1.807) is 18.2 Å². The average molecular weight is 367 g/mol. The highest BCUT2D eigenvalue weighted by Gasteiger charge is 2.28. The molecule has 0 bridgehead atoms. The molecular formula is C21H19ClN2O2. The molecule has 1 atom stereocenters. The summed E-state index contributed by atoms with van der Waals surface area (Å²) in [6.45, 7) is 1.38. The lowest BCUT2D eigenvalue weighted by molar-refractivity contribution is 0.0761. The first-order valence-corrected chi connectivity index (χ1v) is 9.04. The van der Waals surface area contributed by atoms with Crippen LogP contribution < -0.4 is 5.32 Å². The lowest BCUT2D eigenvalue weighted by atomic mass is 10.2. The van der Waals surface area contributed by atoms with E-state index < -0.39 is 0 Å². The van der Waals surface area contributed by atoms with Gasteiger partial charge in [0.2, 0.25) is 0 Å². The highest BCUT2D eigenvalue weighted by atomic mass is 35.5. The Hall–Kier alpha value is -2.72. The molecule has 4 rings (SSSR count). The monoisotopic (exact) mass is 366 g/mol. The molecule has 1 saturated heterocycles. The quantitative estimate of drug-likeness (QED) is 0.712. The minimum absolute atomic E-state index is 0.0827. The molecule has 0 radical (unpaired) electrons. The Labute approximate surface area is 157 Å². The van der Waals surface area contributed by atoms with E-state index in [4.69, 9.17) is 16.0 Å². The number of likely N-dealkylation sites (tertiary alicyclic amines) is 1. The van der Waals surface area contributed by atoms with Crippen LogP contribution in [0.5, 0.6) is 0 Å². The van der Waals surface area contributed by atoms with Crippen molar-refractivity contribution in [2.75, 3.05) is 18.4 Å². The third-order valence-electron chi connectivity index (χ3n) is 4.58. The van der Waals surface area contributed by atoms with E-state index >= 15 is 0 Å². The van der Waals surface area contributed by atoms with Crippen LogP contribution in [0.25, 0.3) is 11.3 Å². The van der Waals surface area contributed by atoms with Gasteiger partial charge in [-0.3, -0.25) is 4.79 Å². The number of rotatable bonds is 4. The van der Waals surface area contributed by atoms with Gasteiger partial charge in [0.25, 0.3) is 5.91 Å². The summed E-state index contributed by atoms with van der Waals surface area (Å²) in [4.78, 5) is 14.6. The third-order valence-corrected chi connectivity index (χ3v) is 4.91. The number of para-hydroxylation sites is 1. The number of carbonyl (C=O) groups excluding carboxylic acids is 1. The molecule has 0 aliphatic carbocycles. The number of carbonyl (C=O) groups is 1. The van der Waals surface area contributed by atoms with Gasteiger partial charge in [-0.05, 0) is 42.8 Å². The van der Waals surface area contributed by atoms with E-state index in [1.165, 1.54) is 0 Å². The van der Waals surface area contributed by atoms with Gasteiger partial charge in [-0.25, -0.2) is 0 Å². The molecule has 1 aliphatic heterocycles. The Morgan fingerprint density at radius 3 is 2.62 bits per heavy atom. The van der Waals surface area contributed by atoms with Crippen molar-refractivity contribution in [1.29, 1.82) is 0 Å². The molecule has 0 spiro atoms. The van der Waals surface area contributed by atoms with E-state index in [1.807, 2.05) is 53.4 Å². The number of nitrogens with zero attached hydrogens (tertiary/aromatic N) is 1. The van der Waals surface area contributed by atoms with Crippen LogP contribution in [-0.2, 0) is 0 Å². The molecule has 2 aromatic carbocycles. The Morgan fingerprint density at radius 1 is 1.04 bits per heavy atom. The summed E-state index contributed by atoms with van der Waals surface area (Å²) in [5.41, 5.74) is 1.86. The largest absolute Gasteiger partial charge is 0.451 e. The van der Waals surface area contributed by atoms with E-state index in [2.05, 4.69) is 5.32 Å². The van der Waals surface area contributed by atoms with Crippen LogP contribution in [0.15, 0.2) is 71.1 Å². The first kappa shape index (κ1) is 16.7. The number of halogens is 1. The third kappa shape index (κ3) is 3.46. The molecular weight excluding hydrogens is 348 g/mol. The summed E-state index contributed by atoms with van der Waals surface area (Å²) < 4.78 is 5.78. The fraction of sp³-hybridized carbons (Fsp3) is 0.190. The Morgan fingerprint density at radius 2 is 1.81 bits per heavy atom. The zero-order chi connectivity index (χ0) is 17.9. The van der Waals surface area contributed by atoms with Crippen molar-refractivity contribution in [3.05, 3.63) is 77.5 Å². The molecule has 2 heterocycles. The van der Waals surface area contributed by atoms with Gasteiger partial charge in [0.15, 0.2) is 5.76 Å². The molecule has 4 nitrogen and oxygen atoms in total. The summed E-state index contributed by atoms with van der Waals surface area (Å²) in [6, 6.07) is 21.3. The number of hydrogen-bond donors (Lipinski definition) is 1. The molecule has 1 fully saturated rings. The van der Waals surface area contributed by atoms with Crippen molar-refractivity contribution < 1.29 is 9.21 Å². The molecule has 1 amide bonds. The topological polar surface area (TPSA) is 45.5 Å². The predicted octanol–water partition coefficient (Wildman–Crippen LogP) is 4.93. The van der Waals surface area contributed by atoms with Crippen LogP contribution in [-0.4, -0.2) is 29.9 Å². The number of furan rings is 1. The summed E-state index contributed by atoms with van der Waals surface area (Å²) in [7, 11) is 0. The summed E-state index contributed by atoms with van der Waals surface area (Å²) >= 11 is 6.21.